The van der Waals surface area contributed by atoms with Gasteiger partial charge in [-0.2, -0.15) is 0 Å². The number of aromatic nitrogens is 1. The summed E-state index contributed by atoms with van der Waals surface area (Å²) in [5.41, 5.74) is 2.89. The van der Waals surface area contributed by atoms with Crippen LogP contribution in [0.2, 0.25) is 0 Å². The van der Waals surface area contributed by atoms with Gasteiger partial charge in [0.15, 0.2) is 0 Å². The second-order valence-electron chi connectivity index (χ2n) is 4.84. The van der Waals surface area contributed by atoms with E-state index in [0.29, 0.717) is 6.54 Å². The number of benzene rings is 1. The summed E-state index contributed by atoms with van der Waals surface area (Å²) in [6.07, 6.45) is 2.64. The molecule has 106 valence electrons. The van der Waals surface area contributed by atoms with Crippen molar-refractivity contribution in [2.24, 2.45) is 0 Å². The minimum atomic E-state index is -0.197. The van der Waals surface area contributed by atoms with Gasteiger partial charge in [0.1, 0.15) is 5.82 Å². The second-order valence-corrected chi connectivity index (χ2v) is 4.84. The zero-order valence-corrected chi connectivity index (χ0v) is 11.9. The van der Waals surface area contributed by atoms with Crippen molar-refractivity contribution >= 4 is 5.69 Å². The van der Waals surface area contributed by atoms with E-state index < -0.39 is 0 Å². The summed E-state index contributed by atoms with van der Waals surface area (Å²) in [6.45, 7) is 1.47. The van der Waals surface area contributed by atoms with Crippen molar-refractivity contribution in [1.29, 1.82) is 0 Å². The highest BCUT2D eigenvalue weighted by Gasteiger charge is 2.06. The number of nitrogens with zero attached hydrogens (tertiary/aromatic N) is 2. The fourth-order valence-electron chi connectivity index (χ4n) is 2.12. The number of halogens is 1. The molecular formula is C16H20FN3. The maximum absolute atomic E-state index is 13.6. The summed E-state index contributed by atoms with van der Waals surface area (Å²) in [5.74, 6) is -0.197. The fourth-order valence-corrected chi connectivity index (χ4v) is 2.12. The molecule has 1 N–H and O–H groups in total. The van der Waals surface area contributed by atoms with Crippen LogP contribution < -0.4 is 10.2 Å². The van der Waals surface area contributed by atoms with Crippen molar-refractivity contribution in [3.63, 3.8) is 0 Å². The Labute approximate surface area is 119 Å². The largest absolute Gasteiger partial charge is 0.374 e. The number of nitrogens with one attached hydrogen (secondary N) is 1. The van der Waals surface area contributed by atoms with Crippen molar-refractivity contribution in [2.45, 2.75) is 13.0 Å². The second kappa shape index (κ2) is 7.01. The molecule has 1 aromatic heterocycles. The first kappa shape index (κ1) is 14.5. The summed E-state index contributed by atoms with van der Waals surface area (Å²) < 4.78 is 13.6. The van der Waals surface area contributed by atoms with E-state index in [1.165, 1.54) is 0 Å². The molecule has 2 aromatic rings. The summed E-state index contributed by atoms with van der Waals surface area (Å²) in [4.78, 5) is 6.35. The fraction of sp³-hybridized carbons (Fsp3) is 0.312. The quantitative estimate of drug-likeness (QED) is 0.877. The van der Waals surface area contributed by atoms with Crippen molar-refractivity contribution in [2.75, 3.05) is 25.5 Å². The van der Waals surface area contributed by atoms with Crippen LogP contribution in [0.4, 0.5) is 10.1 Å². The number of rotatable bonds is 6. The van der Waals surface area contributed by atoms with Crippen LogP contribution in [0.1, 0.15) is 11.3 Å². The minimum Gasteiger partial charge on any atom is -0.374 e. The average Bonchev–Trinajstić information content (AvgIpc) is 2.45. The monoisotopic (exact) mass is 273 g/mol. The highest BCUT2D eigenvalue weighted by atomic mass is 19.1. The van der Waals surface area contributed by atoms with Crippen LogP contribution in [0.25, 0.3) is 0 Å². The maximum atomic E-state index is 13.6. The van der Waals surface area contributed by atoms with Gasteiger partial charge in [0.2, 0.25) is 0 Å². The number of hydrogen-bond donors (Lipinski definition) is 1. The summed E-state index contributed by atoms with van der Waals surface area (Å²) in [5, 5.41) is 3.04. The molecule has 0 spiro atoms. The van der Waals surface area contributed by atoms with Gasteiger partial charge in [0, 0.05) is 44.1 Å². The molecule has 1 heterocycles. The van der Waals surface area contributed by atoms with Crippen LogP contribution >= 0.6 is 0 Å². The Morgan fingerprint density at radius 1 is 1.25 bits per heavy atom. The van der Waals surface area contributed by atoms with Gasteiger partial charge in [-0.05, 0) is 42.9 Å². The first-order valence-corrected chi connectivity index (χ1v) is 6.74. The molecule has 0 unspecified atom stereocenters. The lowest BCUT2D eigenvalue weighted by Crippen LogP contribution is -2.21. The van der Waals surface area contributed by atoms with Crippen LogP contribution in [0.5, 0.6) is 0 Å². The first-order chi connectivity index (χ1) is 9.69. The van der Waals surface area contributed by atoms with Crippen LogP contribution in [0.15, 0.2) is 42.6 Å². The van der Waals surface area contributed by atoms with Gasteiger partial charge in [-0.15, -0.1) is 0 Å². The molecule has 2 rings (SSSR count). The molecule has 0 atom stereocenters. The molecule has 4 heteroatoms. The van der Waals surface area contributed by atoms with Gasteiger partial charge >= 0.3 is 0 Å². The lowest BCUT2D eigenvalue weighted by Gasteiger charge is -2.20. The third kappa shape index (κ3) is 4.03. The third-order valence-electron chi connectivity index (χ3n) is 3.19. The molecule has 0 aliphatic heterocycles. The van der Waals surface area contributed by atoms with Crippen molar-refractivity contribution in [1.82, 2.24) is 10.3 Å². The van der Waals surface area contributed by atoms with E-state index in [2.05, 4.69) is 15.2 Å². The van der Waals surface area contributed by atoms with E-state index in [-0.39, 0.29) is 5.82 Å². The maximum Gasteiger partial charge on any atom is 0.125 e. The van der Waals surface area contributed by atoms with E-state index in [1.807, 2.05) is 38.4 Å². The molecule has 0 saturated carbocycles. The van der Waals surface area contributed by atoms with Gasteiger partial charge in [0.25, 0.3) is 0 Å². The molecule has 20 heavy (non-hydrogen) atoms. The average molecular weight is 273 g/mol. The Kier molecular flexibility index (Phi) is 5.07. The topological polar surface area (TPSA) is 28.2 Å². The first-order valence-electron chi connectivity index (χ1n) is 6.74. The van der Waals surface area contributed by atoms with Gasteiger partial charge in [-0.25, -0.2) is 4.39 Å². The highest BCUT2D eigenvalue weighted by molar-refractivity contribution is 5.48. The lowest BCUT2D eigenvalue weighted by atomic mass is 10.1. The van der Waals surface area contributed by atoms with Crippen molar-refractivity contribution < 1.29 is 4.39 Å². The van der Waals surface area contributed by atoms with Crippen LogP contribution in [0, 0.1) is 5.82 Å². The molecule has 0 radical (unpaired) electrons. The summed E-state index contributed by atoms with van der Waals surface area (Å²) in [6, 6.07) is 11.0. The van der Waals surface area contributed by atoms with Gasteiger partial charge in [-0.1, -0.05) is 6.07 Å². The van der Waals surface area contributed by atoms with Gasteiger partial charge in [-0.3, -0.25) is 4.98 Å². The standard InChI is InChI=1S/C16H20FN3/c1-18-12-13-9-14(17)11-16(10-13)20(2)8-6-15-5-3-4-7-19-15/h3-5,7,9-11,18H,6,8,12H2,1-2H3. The van der Waals surface area contributed by atoms with Crippen LogP contribution in [-0.2, 0) is 13.0 Å². The van der Waals surface area contributed by atoms with Crippen molar-refractivity contribution in [3.8, 4) is 0 Å². The van der Waals surface area contributed by atoms with E-state index in [9.17, 15) is 4.39 Å². The Hall–Kier alpha value is -1.94. The molecule has 0 fully saturated rings. The summed E-state index contributed by atoms with van der Waals surface area (Å²) >= 11 is 0. The Morgan fingerprint density at radius 3 is 2.80 bits per heavy atom. The van der Waals surface area contributed by atoms with E-state index in [1.54, 1.807) is 18.3 Å². The normalized spacial score (nSPS) is 10.6. The zero-order chi connectivity index (χ0) is 14.4. The molecule has 0 aliphatic rings. The van der Waals surface area contributed by atoms with Gasteiger partial charge < -0.3 is 10.2 Å². The van der Waals surface area contributed by atoms with E-state index in [4.69, 9.17) is 0 Å². The van der Waals surface area contributed by atoms with Gasteiger partial charge in [0.05, 0.1) is 0 Å². The Bertz CT molecular complexity index is 543. The Morgan fingerprint density at radius 2 is 2.10 bits per heavy atom. The number of anilines is 1. The number of likely N-dealkylation sites (N-methyl/N-ethyl adjacent to an activating group) is 1. The molecule has 0 aliphatic carbocycles. The summed E-state index contributed by atoms with van der Waals surface area (Å²) in [7, 11) is 3.83. The van der Waals surface area contributed by atoms with Crippen molar-refractivity contribution in [3.05, 3.63) is 59.7 Å². The zero-order valence-electron chi connectivity index (χ0n) is 11.9. The SMILES string of the molecule is CNCc1cc(F)cc(N(C)CCc2ccccn2)c1. The molecular weight excluding hydrogens is 253 g/mol. The number of pyridine rings is 1. The molecule has 0 amide bonds. The smallest absolute Gasteiger partial charge is 0.125 e. The van der Waals surface area contributed by atoms with Crippen LogP contribution in [0.3, 0.4) is 0 Å². The Balaban J connectivity index is 2.03. The highest BCUT2D eigenvalue weighted by Crippen LogP contribution is 2.18. The lowest BCUT2D eigenvalue weighted by molar-refractivity contribution is 0.623. The van der Waals surface area contributed by atoms with E-state index in [0.717, 1.165) is 29.9 Å². The molecule has 3 nitrogen and oxygen atoms in total. The molecule has 1 aromatic carbocycles. The third-order valence-corrected chi connectivity index (χ3v) is 3.19. The van der Waals surface area contributed by atoms with Crippen LogP contribution in [-0.4, -0.2) is 25.6 Å². The molecule has 0 bridgehead atoms. The minimum absolute atomic E-state index is 0.197. The predicted molar refractivity (Wildman–Crippen MR) is 80.4 cm³/mol. The number of hydrogen-bond acceptors (Lipinski definition) is 3. The van der Waals surface area contributed by atoms with E-state index >= 15 is 0 Å². The predicted octanol–water partition coefficient (Wildman–Crippen LogP) is 2.62. The molecule has 0 saturated heterocycles.